The molecule has 0 aliphatic heterocycles. The van der Waals surface area contributed by atoms with Gasteiger partial charge < -0.3 is 4.74 Å². The Morgan fingerprint density at radius 1 is 1.42 bits per heavy atom. The third kappa shape index (κ3) is 3.85. The predicted octanol–water partition coefficient (Wildman–Crippen LogP) is 0.794. The van der Waals surface area contributed by atoms with Crippen molar-refractivity contribution in [1.29, 1.82) is 5.41 Å². The fourth-order valence-electron chi connectivity index (χ4n) is 0.458. The van der Waals surface area contributed by atoms with Crippen molar-refractivity contribution < 1.29 is 14.3 Å². The largest absolute Gasteiger partial charge is 0.461 e. The quantitative estimate of drug-likeness (QED) is 0.386. The number of ether oxygens (including phenoxy) is 1. The summed E-state index contributed by atoms with van der Waals surface area (Å²) in [5, 5.41) is 6.97. The summed E-state index contributed by atoms with van der Waals surface area (Å²) in [6, 6.07) is 0. The zero-order valence-corrected chi connectivity index (χ0v) is 7.51. The van der Waals surface area contributed by atoms with Crippen molar-refractivity contribution >= 4 is 17.5 Å². The molecule has 12 heavy (non-hydrogen) atoms. The fraction of sp³-hybridized carbons (Fsp3) is 0.625. The maximum atomic E-state index is 10.8. The highest BCUT2D eigenvalue weighted by molar-refractivity contribution is 6.62. The molecule has 1 N–H and O–H groups in total. The number of esters is 1. The predicted molar refractivity (Wildman–Crippen MR) is 44.2 cm³/mol. The smallest absolute Gasteiger partial charge is 0.359 e. The topological polar surface area (TPSA) is 67.2 Å². The third-order valence-electron chi connectivity index (χ3n) is 1.10. The van der Waals surface area contributed by atoms with Gasteiger partial charge in [-0.2, -0.15) is 0 Å². The molecular weight excluding hydrogens is 158 g/mol. The lowest BCUT2D eigenvalue weighted by atomic mass is 10.2. The molecular formula is C8H13NO3. The number of Topliss-reactive ketones (excluding diaryl/α,β-unsaturated/α-hetero) is 1. The molecule has 0 fully saturated rings. The van der Waals surface area contributed by atoms with Crippen LogP contribution in [0.1, 0.15) is 20.8 Å². The number of hydrogen-bond acceptors (Lipinski definition) is 4. The number of hydrogen-bond donors (Lipinski definition) is 1. The Hall–Kier alpha value is -1.19. The lowest BCUT2D eigenvalue weighted by molar-refractivity contribution is -0.137. The molecule has 0 spiro atoms. The molecule has 0 rings (SSSR count). The molecule has 0 aromatic carbocycles. The van der Waals surface area contributed by atoms with Crippen molar-refractivity contribution in [3.8, 4) is 0 Å². The maximum Gasteiger partial charge on any atom is 0.359 e. The van der Waals surface area contributed by atoms with Gasteiger partial charge in [0, 0.05) is 6.92 Å². The molecule has 0 saturated carbocycles. The standard InChI is InChI=1S/C8H13NO3/c1-5(2)4-12-8(11)7(9)6(3)10/h5,9H,4H2,1-3H3. The average Bonchev–Trinajstić information content (AvgIpc) is 1.98. The minimum Gasteiger partial charge on any atom is -0.461 e. The molecule has 0 unspecified atom stereocenters. The Balaban J connectivity index is 3.89. The second-order valence-electron chi connectivity index (χ2n) is 2.92. The highest BCUT2D eigenvalue weighted by Crippen LogP contribution is 1.93. The van der Waals surface area contributed by atoms with Crippen LogP contribution < -0.4 is 0 Å². The minimum atomic E-state index is -0.837. The number of rotatable bonds is 4. The first kappa shape index (κ1) is 10.8. The first-order valence-electron chi connectivity index (χ1n) is 3.71. The second-order valence-corrected chi connectivity index (χ2v) is 2.92. The lowest BCUT2D eigenvalue weighted by Crippen LogP contribution is -2.24. The van der Waals surface area contributed by atoms with Gasteiger partial charge in [-0.25, -0.2) is 4.79 Å². The lowest BCUT2D eigenvalue weighted by Gasteiger charge is -2.05. The minimum absolute atomic E-state index is 0.216. The summed E-state index contributed by atoms with van der Waals surface area (Å²) < 4.78 is 4.64. The Labute approximate surface area is 71.4 Å². The van der Waals surface area contributed by atoms with Crippen molar-refractivity contribution in [2.45, 2.75) is 20.8 Å². The summed E-state index contributed by atoms with van der Waals surface area (Å²) in [5.41, 5.74) is -0.587. The normalized spacial score (nSPS) is 9.67. The van der Waals surface area contributed by atoms with Crippen molar-refractivity contribution in [2.24, 2.45) is 5.92 Å². The second kappa shape index (κ2) is 4.64. The van der Waals surface area contributed by atoms with E-state index in [9.17, 15) is 9.59 Å². The van der Waals surface area contributed by atoms with E-state index in [2.05, 4.69) is 4.74 Å². The van der Waals surface area contributed by atoms with Gasteiger partial charge in [-0.05, 0) is 5.92 Å². The van der Waals surface area contributed by atoms with Gasteiger partial charge in [0.05, 0.1) is 6.61 Å². The van der Waals surface area contributed by atoms with Gasteiger partial charge in [0.2, 0.25) is 0 Å². The summed E-state index contributed by atoms with van der Waals surface area (Å²) in [4.78, 5) is 21.3. The van der Waals surface area contributed by atoms with Crippen LogP contribution in [0.15, 0.2) is 0 Å². The van der Waals surface area contributed by atoms with Crippen molar-refractivity contribution in [3.05, 3.63) is 0 Å². The van der Waals surface area contributed by atoms with Crippen LogP contribution in [0.5, 0.6) is 0 Å². The van der Waals surface area contributed by atoms with E-state index in [1.807, 2.05) is 13.8 Å². The van der Waals surface area contributed by atoms with Crippen LogP contribution in [0.4, 0.5) is 0 Å². The Morgan fingerprint density at radius 2 is 1.92 bits per heavy atom. The summed E-state index contributed by atoms with van der Waals surface area (Å²) >= 11 is 0. The number of nitrogens with one attached hydrogen (secondary N) is 1. The highest BCUT2D eigenvalue weighted by atomic mass is 16.5. The molecule has 0 aromatic heterocycles. The van der Waals surface area contributed by atoms with E-state index >= 15 is 0 Å². The van der Waals surface area contributed by atoms with Crippen molar-refractivity contribution in [2.75, 3.05) is 6.61 Å². The van der Waals surface area contributed by atoms with Crippen LogP contribution in [0.3, 0.4) is 0 Å². The first-order valence-corrected chi connectivity index (χ1v) is 3.71. The highest BCUT2D eigenvalue weighted by Gasteiger charge is 2.15. The zero-order valence-electron chi connectivity index (χ0n) is 7.51. The van der Waals surface area contributed by atoms with Gasteiger partial charge in [0.15, 0.2) is 11.5 Å². The first-order chi connectivity index (χ1) is 5.45. The monoisotopic (exact) mass is 171 g/mol. The van der Waals surface area contributed by atoms with Gasteiger partial charge >= 0.3 is 5.97 Å². The SMILES string of the molecule is CC(=O)C(=N)C(=O)OCC(C)C. The molecule has 0 radical (unpaired) electrons. The van der Waals surface area contributed by atoms with Crippen molar-refractivity contribution in [3.63, 3.8) is 0 Å². The third-order valence-corrected chi connectivity index (χ3v) is 1.10. The van der Waals surface area contributed by atoms with Crippen LogP contribution in [0.25, 0.3) is 0 Å². The maximum absolute atomic E-state index is 10.8. The number of ketones is 1. The van der Waals surface area contributed by atoms with E-state index in [-0.39, 0.29) is 12.5 Å². The van der Waals surface area contributed by atoms with E-state index < -0.39 is 17.5 Å². The molecule has 0 aromatic rings. The molecule has 4 heteroatoms. The van der Waals surface area contributed by atoms with Crippen molar-refractivity contribution in [1.82, 2.24) is 0 Å². The van der Waals surface area contributed by atoms with E-state index in [1.54, 1.807) is 0 Å². The van der Waals surface area contributed by atoms with Gasteiger partial charge in [-0.15, -0.1) is 0 Å². The molecule has 4 nitrogen and oxygen atoms in total. The molecule has 0 amide bonds. The summed E-state index contributed by atoms with van der Waals surface area (Å²) in [6.45, 7) is 5.17. The van der Waals surface area contributed by atoms with Gasteiger partial charge in [0.1, 0.15) is 0 Å². The van der Waals surface area contributed by atoms with Crippen LogP contribution >= 0.6 is 0 Å². The van der Waals surface area contributed by atoms with Crippen LogP contribution in [0.2, 0.25) is 0 Å². The zero-order chi connectivity index (χ0) is 9.72. The molecule has 68 valence electrons. The molecule has 0 heterocycles. The van der Waals surface area contributed by atoms with Crippen LogP contribution in [-0.4, -0.2) is 24.1 Å². The summed E-state index contributed by atoms with van der Waals surface area (Å²) in [7, 11) is 0. The molecule has 0 aliphatic carbocycles. The van der Waals surface area contributed by atoms with Gasteiger partial charge in [-0.1, -0.05) is 13.8 Å². The summed E-state index contributed by atoms with van der Waals surface area (Å²) in [5.74, 6) is -1.19. The molecule has 0 saturated heterocycles. The van der Waals surface area contributed by atoms with E-state index in [0.29, 0.717) is 0 Å². The molecule has 0 aliphatic rings. The van der Waals surface area contributed by atoms with E-state index in [1.165, 1.54) is 6.92 Å². The molecule has 0 bridgehead atoms. The summed E-state index contributed by atoms with van der Waals surface area (Å²) in [6.07, 6.45) is 0. The molecule has 0 atom stereocenters. The van der Waals surface area contributed by atoms with Gasteiger partial charge in [-0.3, -0.25) is 10.2 Å². The fourth-order valence-corrected chi connectivity index (χ4v) is 0.458. The average molecular weight is 171 g/mol. The van der Waals surface area contributed by atoms with E-state index in [4.69, 9.17) is 5.41 Å². The Bertz CT molecular complexity index is 208. The Morgan fingerprint density at radius 3 is 2.25 bits per heavy atom. The van der Waals surface area contributed by atoms with E-state index in [0.717, 1.165) is 0 Å². The number of carbonyl (C=O) groups excluding carboxylic acids is 2. The van der Waals surface area contributed by atoms with Crippen LogP contribution in [0, 0.1) is 11.3 Å². The van der Waals surface area contributed by atoms with Gasteiger partial charge in [0.25, 0.3) is 0 Å². The van der Waals surface area contributed by atoms with Crippen LogP contribution in [-0.2, 0) is 14.3 Å². The Kier molecular flexibility index (Phi) is 4.18. The number of carbonyl (C=O) groups is 2.